The zero-order valence-corrected chi connectivity index (χ0v) is 11.5. The van der Waals surface area contributed by atoms with Gasteiger partial charge in [-0.3, -0.25) is 4.79 Å². The highest BCUT2D eigenvalue weighted by Gasteiger charge is 2.64. The van der Waals surface area contributed by atoms with Crippen LogP contribution in [0.5, 0.6) is 0 Å². The van der Waals surface area contributed by atoms with Gasteiger partial charge in [0.05, 0.1) is 0 Å². The Morgan fingerprint density at radius 3 is 2.47 bits per heavy atom. The number of thiazole rings is 1. The molecule has 0 spiro atoms. The minimum absolute atomic E-state index is 0.128. The molecule has 1 aliphatic rings. The number of aromatic nitrogens is 1. The smallest absolute Gasteiger partial charge is 0.270 e. The summed E-state index contributed by atoms with van der Waals surface area (Å²) in [5.41, 5.74) is 6.50. The number of hydrogen-bond acceptors (Lipinski definition) is 4. The standard InChI is InChI=1S/C12H19N3OS/c1-11(2)8(12(11,3)4)5-14-9(16)7-6-17-10(13)15-7/h6,8H,5H2,1-4H3,(H2,13,15)(H,14,16). The van der Waals surface area contributed by atoms with Crippen molar-refractivity contribution in [3.63, 3.8) is 0 Å². The van der Waals surface area contributed by atoms with E-state index in [-0.39, 0.29) is 5.91 Å². The molecular weight excluding hydrogens is 234 g/mol. The van der Waals surface area contributed by atoms with E-state index in [1.54, 1.807) is 5.38 Å². The highest BCUT2D eigenvalue weighted by atomic mass is 32.1. The van der Waals surface area contributed by atoms with Crippen LogP contribution >= 0.6 is 11.3 Å². The van der Waals surface area contributed by atoms with Gasteiger partial charge in [-0.25, -0.2) is 4.98 Å². The molecular formula is C12H19N3OS. The highest BCUT2D eigenvalue weighted by molar-refractivity contribution is 7.13. The number of nitrogens with one attached hydrogen (secondary N) is 1. The van der Waals surface area contributed by atoms with Crippen LogP contribution in [0.15, 0.2) is 5.38 Å². The summed E-state index contributed by atoms with van der Waals surface area (Å²) in [7, 11) is 0. The Bertz CT molecular complexity index is 436. The monoisotopic (exact) mass is 253 g/mol. The maximum atomic E-state index is 11.8. The average Bonchev–Trinajstić information content (AvgIpc) is 2.55. The summed E-state index contributed by atoms with van der Waals surface area (Å²) in [5.74, 6) is 0.395. The minimum Gasteiger partial charge on any atom is -0.375 e. The first-order chi connectivity index (χ1) is 7.76. The molecule has 1 heterocycles. The molecule has 0 saturated heterocycles. The van der Waals surface area contributed by atoms with Crippen molar-refractivity contribution in [2.24, 2.45) is 16.7 Å². The molecule has 1 aromatic rings. The number of carbonyl (C=O) groups excluding carboxylic acids is 1. The van der Waals surface area contributed by atoms with Gasteiger partial charge in [0.2, 0.25) is 0 Å². The summed E-state index contributed by atoms with van der Waals surface area (Å²) in [6.45, 7) is 9.67. The maximum absolute atomic E-state index is 11.8. The van der Waals surface area contributed by atoms with E-state index in [9.17, 15) is 4.79 Å². The van der Waals surface area contributed by atoms with Crippen LogP contribution < -0.4 is 11.1 Å². The van der Waals surface area contributed by atoms with Gasteiger partial charge >= 0.3 is 0 Å². The Kier molecular flexibility index (Phi) is 2.69. The van der Waals surface area contributed by atoms with E-state index in [2.05, 4.69) is 38.0 Å². The van der Waals surface area contributed by atoms with Crippen molar-refractivity contribution in [2.45, 2.75) is 27.7 Å². The van der Waals surface area contributed by atoms with Gasteiger partial charge in [0.1, 0.15) is 5.69 Å². The lowest BCUT2D eigenvalue weighted by atomic mass is 10.0. The molecule has 0 atom stereocenters. The predicted molar refractivity (Wildman–Crippen MR) is 69.9 cm³/mol. The van der Waals surface area contributed by atoms with E-state index in [0.29, 0.717) is 34.1 Å². The van der Waals surface area contributed by atoms with Crippen molar-refractivity contribution in [3.8, 4) is 0 Å². The molecule has 1 saturated carbocycles. The first-order valence-electron chi connectivity index (χ1n) is 5.76. The first kappa shape index (κ1) is 12.4. The van der Waals surface area contributed by atoms with E-state index < -0.39 is 0 Å². The molecule has 1 aromatic heterocycles. The Labute approximate surface area is 106 Å². The lowest BCUT2D eigenvalue weighted by Crippen LogP contribution is -2.27. The molecule has 3 N–H and O–H groups in total. The molecule has 94 valence electrons. The van der Waals surface area contributed by atoms with E-state index >= 15 is 0 Å². The minimum atomic E-state index is -0.128. The van der Waals surface area contributed by atoms with Crippen LogP contribution in [0.2, 0.25) is 0 Å². The molecule has 0 bridgehead atoms. The lowest BCUT2D eigenvalue weighted by molar-refractivity contribution is 0.0945. The number of rotatable bonds is 3. The number of anilines is 1. The Balaban J connectivity index is 1.91. The summed E-state index contributed by atoms with van der Waals surface area (Å²) in [6, 6.07) is 0. The van der Waals surface area contributed by atoms with Gasteiger partial charge in [-0.15, -0.1) is 11.3 Å². The van der Waals surface area contributed by atoms with Crippen molar-refractivity contribution in [1.82, 2.24) is 10.3 Å². The fraction of sp³-hybridized carbons (Fsp3) is 0.667. The average molecular weight is 253 g/mol. The van der Waals surface area contributed by atoms with Gasteiger partial charge in [-0.2, -0.15) is 0 Å². The third-order valence-corrected chi connectivity index (χ3v) is 5.21. The number of amides is 1. The third kappa shape index (κ3) is 1.92. The topological polar surface area (TPSA) is 68.0 Å². The summed E-state index contributed by atoms with van der Waals surface area (Å²) < 4.78 is 0. The van der Waals surface area contributed by atoms with Gasteiger partial charge in [0.25, 0.3) is 5.91 Å². The van der Waals surface area contributed by atoms with Gasteiger partial charge in [-0.05, 0) is 16.7 Å². The largest absolute Gasteiger partial charge is 0.375 e. The molecule has 0 aliphatic heterocycles. The van der Waals surface area contributed by atoms with E-state index in [1.807, 2.05) is 0 Å². The fourth-order valence-corrected chi connectivity index (χ4v) is 3.06. The second-order valence-electron chi connectivity index (χ2n) is 5.78. The second-order valence-corrected chi connectivity index (χ2v) is 6.67. The summed E-state index contributed by atoms with van der Waals surface area (Å²) in [5, 5.41) is 5.06. The highest BCUT2D eigenvalue weighted by Crippen LogP contribution is 2.67. The van der Waals surface area contributed by atoms with E-state index in [0.717, 1.165) is 0 Å². The maximum Gasteiger partial charge on any atom is 0.270 e. The second kappa shape index (κ2) is 3.70. The van der Waals surface area contributed by atoms with E-state index in [4.69, 9.17) is 5.73 Å². The van der Waals surface area contributed by atoms with Crippen LogP contribution in [0.25, 0.3) is 0 Å². The summed E-state index contributed by atoms with van der Waals surface area (Å²) in [4.78, 5) is 15.8. The van der Waals surface area contributed by atoms with Crippen molar-refractivity contribution in [1.29, 1.82) is 0 Å². The van der Waals surface area contributed by atoms with Crippen molar-refractivity contribution in [3.05, 3.63) is 11.1 Å². The Hall–Kier alpha value is -1.10. The molecule has 17 heavy (non-hydrogen) atoms. The summed E-state index contributed by atoms with van der Waals surface area (Å²) in [6.07, 6.45) is 0. The number of nitrogen functional groups attached to an aromatic ring is 1. The normalized spacial score (nSPS) is 21.2. The first-order valence-corrected chi connectivity index (χ1v) is 6.64. The molecule has 1 fully saturated rings. The summed E-state index contributed by atoms with van der Waals surface area (Å²) >= 11 is 1.29. The lowest BCUT2D eigenvalue weighted by Gasteiger charge is -2.04. The van der Waals surface area contributed by atoms with Crippen molar-refractivity contribution >= 4 is 22.4 Å². The van der Waals surface area contributed by atoms with Crippen LogP contribution in [0.1, 0.15) is 38.2 Å². The number of nitrogens with two attached hydrogens (primary N) is 1. The molecule has 1 amide bonds. The fourth-order valence-electron chi connectivity index (χ4n) is 2.52. The van der Waals surface area contributed by atoms with Crippen LogP contribution in [-0.4, -0.2) is 17.4 Å². The van der Waals surface area contributed by atoms with Gasteiger partial charge in [0.15, 0.2) is 5.13 Å². The number of nitrogens with zero attached hydrogens (tertiary/aromatic N) is 1. The molecule has 4 nitrogen and oxygen atoms in total. The predicted octanol–water partition coefficient (Wildman–Crippen LogP) is 2.14. The molecule has 0 aromatic carbocycles. The number of carbonyl (C=O) groups is 1. The van der Waals surface area contributed by atoms with Crippen LogP contribution in [0.4, 0.5) is 5.13 Å². The molecule has 0 unspecified atom stereocenters. The SMILES string of the molecule is CC1(C)C(CNC(=O)c2csc(N)n2)C1(C)C. The quantitative estimate of drug-likeness (QED) is 0.867. The molecule has 1 aliphatic carbocycles. The van der Waals surface area contributed by atoms with Gasteiger partial charge < -0.3 is 11.1 Å². The Morgan fingerprint density at radius 1 is 1.47 bits per heavy atom. The molecule has 0 radical (unpaired) electrons. The molecule has 5 heteroatoms. The molecule has 2 rings (SSSR count). The third-order valence-electron chi connectivity index (χ3n) is 4.54. The van der Waals surface area contributed by atoms with Crippen molar-refractivity contribution in [2.75, 3.05) is 12.3 Å². The zero-order chi connectivity index (χ0) is 12.8. The van der Waals surface area contributed by atoms with Crippen LogP contribution in [0, 0.1) is 16.7 Å². The Morgan fingerprint density at radius 2 is 2.06 bits per heavy atom. The van der Waals surface area contributed by atoms with Crippen LogP contribution in [-0.2, 0) is 0 Å². The van der Waals surface area contributed by atoms with Crippen LogP contribution in [0.3, 0.4) is 0 Å². The zero-order valence-electron chi connectivity index (χ0n) is 10.7. The van der Waals surface area contributed by atoms with Gasteiger partial charge in [0, 0.05) is 11.9 Å². The number of hydrogen-bond donors (Lipinski definition) is 2. The van der Waals surface area contributed by atoms with Crippen molar-refractivity contribution < 1.29 is 4.79 Å². The van der Waals surface area contributed by atoms with E-state index in [1.165, 1.54) is 11.3 Å². The van der Waals surface area contributed by atoms with Gasteiger partial charge in [-0.1, -0.05) is 27.7 Å².